The molecule has 0 amide bonds. The third-order valence-electron chi connectivity index (χ3n) is 3.92. The Morgan fingerprint density at radius 2 is 1.81 bits per heavy atom. The molecule has 3 heteroatoms. The summed E-state index contributed by atoms with van der Waals surface area (Å²) in [5, 5.41) is 3.84. The van der Waals surface area contributed by atoms with Gasteiger partial charge in [-0.15, -0.1) is 0 Å². The second-order valence-corrected chi connectivity index (χ2v) is 6.18. The van der Waals surface area contributed by atoms with Gasteiger partial charge in [0.1, 0.15) is 5.82 Å². The van der Waals surface area contributed by atoms with Gasteiger partial charge in [-0.1, -0.05) is 68.8 Å². The van der Waals surface area contributed by atoms with Gasteiger partial charge < -0.3 is 5.32 Å². The Bertz CT molecular complexity index is 595. The molecule has 2 aromatic carbocycles. The first-order valence-corrected chi connectivity index (χ1v) is 7.58. The minimum Gasteiger partial charge on any atom is -0.309 e. The highest BCUT2D eigenvalue weighted by Crippen LogP contribution is 2.38. The molecule has 0 fully saturated rings. The first kappa shape index (κ1) is 16.0. The molecule has 0 aliphatic heterocycles. The smallest absolute Gasteiger partial charge is 0.129 e. The molecule has 0 bridgehead atoms. The maximum absolute atomic E-state index is 14.3. The average Bonchev–Trinajstić information content (AvgIpc) is 2.46. The van der Waals surface area contributed by atoms with Gasteiger partial charge in [0.25, 0.3) is 0 Å². The first-order valence-electron chi connectivity index (χ1n) is 7.20. The molecule has 21 heavy (non-hydrogen) atoms. The van der Waals surface area contributed by atoms with E-state index in [-0.39, 0.29) is 17.3 Å². The van der Waals surface area contributed by atoms with E-state index < -0.39 is 0 Å². The lowest BCUT2D eigenvalue weighted by atomic mass is 9.74. The van der Waals surface area contributed by atoms with Crippen LogP contribution in [0, 0.1) is 5.82 Å². The Labute approximate surface area is 131 Å². The number of likely N-dealkylation sites (N-methyl/N-ethyl adjacent to an activating group) is 1. The van der Waals surface area contributed by atoms with Crippen LogP contribution >= 0.6 is 11.6 Å². The van der Waals surface area contributed by atoms with Crippen molar-refractivity contribution in [2.45, 2.75) is 32.2 Å². The molecule has 1 N–H and O–H groups in total. The maximum atomic E-state index is 14.3. The van der Waals surface area contributed by atoms with Crippen molar-refractivity contribution in [2.24, 2.45) is 0 Å². The maximum Gasteiger partial charge on any atom is 0.129 e. The van der Waals surface area contributed by atoms with Gasteiger partial charge in [-0.25, -0.2) is 4.39 Å². The van der Waals surface area contributed by atoms with E-state index >= 15 is 0 Å². The average molecular weight is 306 g/mol. The summed E-state index contributed by atoms with van der Waals surface area (Å²) < 4.78 is 14.3. The number of nitrogens with one attached hydrogen (secondary N) is 1. The van der Waals surface area contributed by atoms with Crippen molar-refractivity contribution in [3.63, 3.8) is 0 Å². The zero-order valence-electron chi connectivity index (χ0n) is 12.7. The zero-order valence-corrected chi connectivity index (χ0v) is 13.4. The molecule has 2 rings (SSSR count). The van der Waals surface area contributed by atoms with E-state index in [4.69, 9.17) is 11.6 Å². The number of hydrogen-bond acceptors (Lipinski definition) is 1. The summed E-state index contributed by atoms with van der Waals surface area (Å²) in [5.74, 6) is -0.266. The van der Waals surface area contributed by atoms with Crippen molar-refractivity contribution in [3.8, 4) is 0 Å². The lowest BCUT2D eigenvalue weighted by Gasteiger charge is -2.36. The van der Waals surface area contributed by atoms with Crippen LogP contribution in [0.3, 0.4) is 0 Å². The van der Waals surface area contributed by atoms with Crippen LogP contribution in [-0.4, -0.2) is 6.54 Å². The Morgan fingerprint density at radius 3 is 2.38 bits per heavy atom. The van der Waals surface area contributed by atoms with Gasteiger partial charge in [0.05, 0.1) is 0 Å². The van der Waals surface area contributed by atoms with Crippen molar-refractivity contribution in [1.82, 2.24) is 5.32 Å². The van der Waals surface area contributed by atoms with Crippen molar-refractivity contribution in [3.05, 3.63) is 70.5 Å². The fraction of sp³-hybridized carbons (Fsp3) is 0.333. The molecule has 1 atom stereocenters. The van der Waals surface area contributed by atoms with Crippen LogP contribution in [0.5, 0.6) is 0 Å². The van der Waals surface area contributed by atoms with Gasteiger partial charge in [0, 0.05) is 22.0 Å². The van der Waals surface area contributed by atoms with E-state index in [0.717, 1.165) is 6.54 Å². The van der Waals surface area contributed by atoms with E-state index in [9.17, 15) is 4.39 Å². The third-order valence-corrected chi connectivity index (χ3v) is 4.16. The van der Waals surface area contributed by atoms with Crippen molar-refractivity contribution in [2.75, 3.05) is 6.54 Å². The van der Waals surface area contributed by atoms with Crippen molar-refractivity contribution in [1.29, 1.82) is 0 Å². The topological polar surface area (TPSA) is 12.0 Å². The number of rotatable bonds is 5. The van der Waals surface area contributed by atoms with Gasteiger partial charge in [-0.05, 0) is 24.2 Å². The van der Waals surface area contributed by atoms with Gasteiger partial charge in [-0.2, -0.15) is 0 Å². The van der Waals surface area contributed by atoms with Crippen LogP contribution < -0.4 is 5.32 Å². The largest absolute Gasteiger partial charge is 0.309 e. The standard InChI is InChI=1S/C18H21ClFN/c1-4-21-17(15-11-10-14(19)12-16(15)20)18(2,3)13-8-6-5-7-9-13/h5-12,17,21H,4H2,1-3H3. The SMILES string of the molecule is CCNC(c1ccc(Cl)cc1F)C(C)(C)c1ccccc1. The molecule has 2 aromatic rings. The van der Waals surface area contributed by atoms with Crippen molar-refractivity contribution >= 4 is 11.6 Å². The Hall–Kier alpha value is -1.38. The molecule has 0 saturated carbocycles. The summed E-state index contributed by atoms with van der Waals surface area (Å²) in [5.41, 5.74) is 1.58. The number of hydrogen-bond donors (Lipinski definition) is 1. The Balaban J connectivity index is 2.47. The van der Waals surface area contributed by atoms with Crippen LogP contribution in [-0.2, 0) is 5.41 Å². The van der Waals surface area contributed by atoms with Crippen LogP contribution in [0.25, 0.3) is 0 Å². The highest BCUT2D eigenvalue weighted by Gasteiger charge is 2.33. The van der Waals surface area contributed by atoms with Crippen LogP contribution in [0.1, 0.15) is 37.9 Å². The van der Waals surface area contributed by atoms with Gasteiger partial charge in [0.15, 0.2) is 0 Å². The van der Waals surface area contributed by atoms with E-state index in [1.54, 1.807) is 12.1 Å². The summed E-state index contributed by atoms with van der Waals surface area (Å²) in [6.07, 6.45) is 0. The first-order chi connectivity index (χ1) is 9.96. The van der Waals surface area contributed by atoms with Gasteiger partial charge in [0.2, 0.25) is 0 Å². The summed E-state index contributed by atoms with van der Waals surface area (Å²) in [6, 6.07) is 14.9. The highest BCUT2D eigenvalue weighted by atomic mass is 35.5. The van der Waals surface area contributed by atoms with E-state index in [1.165, 1.54) is 11.6 Å². The van der Waals surface area contributed by atoms with E-state index in [1.807, 2.05) is 25.1 Å². The Morgan fingerprint density at radius 1 is 1.14 bits per heavy atom. The predicted octanol–water partition coefficient (Wildman–Crippen LogP) is 5.11. The van der Waals surface area contributed by atoms with Crippen LogP contribution in [0.15, 0.2) is 48.5 Å². The zero-order chi connectivity index (χ0) is 15.5. The molecule has 0 saturated heterocycles. The second kappa shape index (κ2) is 6.59. The minimum atomic E-state index is -0.266. The summed E-state index contributed by atoms with van der Waals surface area (Å²) in [7, 11) is 0. The summed E-state index contributed by atoms with van der Waals surface area (Å²) in [4.78, 5) is 0. The fourth-order valence-corrected chi connectivity index (χ4v) is 2.89. The lowest BCUT2D eigenvalue weighted by molar-refractivity contribution is 0.344. The fourth-order valence-electron chi connectivity index (χ4n) is 2.73. The summed E-state index contributed by atoms with van der Waals surface area (Å²) >= 11 is 5.87. The molecule has 0 aliphatic rings. The molecule has 1 nitrogen and oxygen atoms in total. The quantitative estimate of drug-likeness (QED) is 0.809. The van der Waals surface area contributed by atoms with E-state index in [2.05, 4.69) is 31.3 Å². The molecular formula is C18H21ClFN. The monoisotopic (exact) mass is 305 g/mol. The minimum absolute atomic E-state index is 0.123. The van der Waals surface area contributed by atoms with Gasteiger partial charge in [-0.3, -0.25) is 0 Å². The predicted molar refractivity (Wildman–Crippen MR) is 87.3 cm³/mol. The molecule has 0 spiro atoms. The molecule has 0 radical (unpaired) electrons. The Kier molecular flexibility index (Phi) is 5.02. The number of halogens is 2. The highest BCUT2D eigenvalue weighted by molar-refractivity contribution is 6.30. The normalized spacial score (nSPS) is 13.2. The van der Waals surface area contributed by atoms with Crippen LogP contribution in [0.4, 0.5) is 4.39 Å². The van der Waals surface area contributed by atoms with Crippen molar-refractivity contribution < 1.29 is 4.39 Å². The molecule has 0 heterocycles. The molecule has 112 valence electrons. The molecule has 0 aromatic heterocycles. The van der Waals surface area contributed by atoms with Gasteiger partial charge >= 0.3 is 0 Å². The second-order valence-electron chi connectivity index (χ2n) is 5.74. The number of benzene rings is 2. The molecule has 0 aliphatic carbocycles. The third kappa shape index (κ3) is 3.45. The van der Waals surface area contributed by atoms with E-state index in [0.29, 0.717) is 10.6 Å². The molecular weight excluding hydrogens is 285 g/mol. The molecule has 1 unspecified atom stereocenters. The van der Waals surface area contributed by atoms with Crippen LogP contribution in [0.2, 0.25) is 5.02 Å². The summed E-state index contributed by atoms with van der Waals surface area (Å²) in [6.45, 7) is 7.05. The lowest BCUT2D eigenvalue weighted by Crippen LogP contribution is -2.38.